The number of carbonyl (C=O) groups is 2. The Kier molecular flexibility index (Phi) is 4.35. The molecule has 3 rings (SSSR count). The highest BCUT2D eigenvalue weighted by Crippen LogP contribution is 2.24. The zero-order valence-corrected chi connectivity index (χ0v) is 13.6. The normalized spacial score (nSPS) is 12.2. The third kappa shape index (κ3) is 3.03. The van der Waals surface area contributed by atoms with E-state index in [1.54, 1.807) is 19.1 Å². The molecule has 25 heavy (non-hydrogen) atoms. The van der Waals surface area contributed by atoms with Gasteiger partial charge in [0.1, 0.15) is 17.2 Å². The molecule has 0 saturated heterocycles. The number of aryl methyl sites for hydroxylation is 1. The van der Waals surface area contributed by atoms with Gasteiger partial charge >= 0.3 is 5.97 Å². The van der Waals surface area contributed by atoms with Crippen molar-refractivity contribution in [2.45, 2.75) is 20.0 Å². The molecular weight excluding hydrogens is 328 g/mol. The average molecular weight is 343 g/mol. The lowest BCUT2D eigenvalue weighted by Gasteiger charge is -2.13. The zero-order valence-electron chi connectivity index (χ0n) is 13.6. The lowest BCUT2D eigenvalue weighted by molar-refractivity contribution is 0.0310. The quantitative estimate of drug-likeness (QED) is 0.571. The number of aromatic nitrogens is 1. The third-order valence-electron chi connectivity index (χ3n) is 3.96. The minimum Gasteiger partial charge on any atom is -0.451 e. The minimum absolute atomic E-state index is 0.393. The molecule has 6 heteroatoms. The molecule has 2 aromatic carbocycles. The van der Waals surface area contributed by atoms with Gasteiger partial charge in [0.05, 0.1) is 0 Å². The number of H-pyrrole nitrogens is 1. The Labute approximate surface area is 142 Å². The Morgan fingerprint density at radius 3 is 2.32 bits per heavy atom. The van der Waals surface area contributed by atoms with Gasteiger partial charge in [-0.3, -0.25) is 4.79 Å². The van der Waals surface area contributed by atoms with Crippen LogP contribution >= 0.6 is 0 Å². The number of nitrogens with one attached hydrogen (secondary N) is 1. The Balaban J connectivity index is 1.88. The van der Waals surface area contributed by atoms with E-state index >= 15 is 0 Å². The maximum atomic E-state index is 13.7. The summed E-state index contributed by atoms with van der Waals surface area (Å²) in [7, 11) is 0. The fourth-order valence-corrected chi connectivity index (χ4v) is 2.76. The van der Waals surface area contributed by atoms with Crippen molar-refractivity contribution in [3.05, 3.63) is 70.9 Å². The van der Waals surface area contributed by atoms with Crippen LogP contribution in [0.5, 0.6) is 0 Å². The number of ketones is 1. The van der Waals surface area contributed by atoms with E-state index in [1.807, 2.05) is 12.1 Å². The van der Waals surface area contributed by atoms with E-state index in [-0.39, 0.29) is 0 Å². The van der Waals surface area contributed by atoms with Gasteiger partial charge in [0.15, 0.2) is 6.10 Å². The fraction of sp³-hybridized carbons (Fsp3) is 0.158. The number of halogens is 2. The molecule has 0 amide bonds. The summed E-state index contributed by atoms with van der Waals surface area (Å²) in [6.07, 6.45) is -1.19. The van der Waals surface area contributed by atoms with Gasteiger partial charge in [0.2, 0.25) is 5.78 Å². The Hall–Kier alpha value is -3.02. The highest BCUT2D eigenvalue weighted by Gasteiger charge is 2.27. The molecule has 0 saturated carbocycles. The largest absolute Gasteiger partial charge is 0.451 e. The van der Waals surface area contributed by atoms with E-state index in [9.17, 15) is 18.4 Å². The van der Waals surface area contributed by atoms with Crippen LogP contribution in [0.15, 0.2) is 42.5 Å². The molecule has 0 radical (unpaired) electrons. The second-order valence-electron chi connectivity index (χ2n) is 5.68. The molecule has 0 bridgehead atoms. The first kappa shape index (κ1) is 16.8. The second-order valence-corrected chi connectivity index (χ2v) is 5.68. The molecule has 0 aliphatic rings. The second kappa shape index (κ2) is 6.47. The number of para-hydroxylation sites is 1. The maximum absolute atomic E-state index is 13.7. The minimum atomic E-state index is -1.21. The van der Waals surface area contributed by atoms with Crippen molar-refractivity contribution in [2.24, 2.45) is 0 Å². The lowest BCUT2D eigenvalue weighted by Crippen LogP contribution is -2.25. The Bertz CT molecular complexity index is 958. The van der Waals surface area contributed by atoms with Gasteiger partial charge in [-0.2, -0.15) is 0 Å². The van der Waals surface area contributed by atoms with Crippen LogP contribution in [-0.2, 0) is 4.74 Å². The highest BCUT2D eigenvalue weighted by atomic mass is 19.1. The number of hydrogen-bond acceptors (Lipinski definition) is 3. The van der Waals surface area contributed by atoms with Gasteiger partial charge in [0.25, 0.3) is 0 Å². The highest BCUT2D eigenvalue weighted by molar-refractivity contribution is 6.11. The van der Waals surface area contributed by atoms with Crippen molar-refractivity contribution in [3.63, 3.8) is 0 Å². The summed E-state index contributed by atoms with van der Waals surface area (Å²) in [4.78, 5) is 27.8. The topological polar surface area (TPSA) is 59.2 Å². The van der Waals surface area contributed by atoms with Gasteiger partial charge in [-0.05, 0) is 32.0 Å². The van der Waals surface area contributed by atoms with Crippen molar-refractivity contribution in [3.8, 4) is 0 Å². The van der Waals surface area contributed by atoms with E-state index in [2.05, 4.69) is 4.98 Å². The molecule has 3 aromatic rings. The van der Waals surface area contributed by atoms with E-state index in [0.29, 0.717) is 16.6 Å². The van der Waals surface area contributed by atoms with Gasteiger partial charge < -0.3 is 9.72 Å². The van der Waals surface area contributed by atoms with Gasteiger partial charge in [-0.25, -0.2) is 13.6 Å². The molecule has 1 N–H and O–H groups in total. The number of ether oxygens (including phenoxy) is 1. The zero-order chi connectivity index (χ0) is 18.1. The monoisotopic (exact) mass is 343 g/mol. The van der Waals surface area contributed by atoms with Crippen LogP contribution in [0.25, 0.3) is 10.9 Å². The van der Waals surface area contributed by atoms with E-state index in [4.69, 9.17) is 4.74 Å². The van der Waals surface area contributed by atoms with Crippen molar-refractivity contribution in [1.82, 2.24) is 4.98 Å². The number of hydrogen-bond donors (Lipinski definition) is 1. The summed E-state index contributed by atoms with van der Waals surface area (Å²) in [5.74, 6) is -3.73. The van der Waals surface area contributed by atoms with Crippen LogP contribution in [-0.4, -0.2) is 22.8 Å². The number of benzene rings is 2. The van der Waals surface area contributed by atoms with Crippen molar-refractivity contribution in [1.29, 1.82) is 0 Å². The van der Waals surface area contributed by atoms with Crippen LogP contribution in [0.1, 0.15) is 33.3 Å². The van der Waals surface area contributed by atoms with Crippen LogP contribution in [0, 0.1) is 18.6 Å². The molecule has 1 aromatic heterocycles. The lowest BCUT2D eigenvalue weighted by atomic mass is 10.0. The van der Waals surface area contributed by atoms with Crippen LogP contribution in [0.4, 0.5) is 8.78 Å². The molecular formula is C19H15F2NO3. The van der Waals surface area contributed by atoms with Gasteiger partial charge in [-0.15, -0.1) is 0 Å². The maximum Gasteiger partial charge on any atom is 0.344 e. The van der Waals surface area contributed by atoms with Gasteiger partial charge in [0, 0.05) is 22.2 Å². The first-order valence-corrected chi connectivity index (χ1v) is 7.66. The summed E-state index contributed by atoms with van der Waals surface area (Å²) in [5.41, 5.74) is 0.996. The molecule has 0 aliphatic carbocycles. The fourth-order valence-electron chi connectivity index (χ4n) is 2.76. The van der Waals surface area contributed by atoms with E-state index < -0.39 is 35.1 Å². The SMILES string of the molecule is Cc1[nH]c2ccccc2c1C(=O)[C@@H](C)OC(=O)c1c(F)cccc1F. The number of aromatic amines is 1. The summed E-state index contributed by atoms with van der Waals surface area (Å²) < 4.78 is 32.3. The number of fused-ring (bicyclic) bond motifs is 1. The van der Waals surface area contributed by atoms with E-state index in [1.165, 1.54) is 6.92 Å². The molecule has 128 valence electrons. The predicted octanol–water partition coefficient (Wildman–Crippen LogP) is 4.18. The van der Waals surface area contributed by atoms with Crippen molar-refractivity contribution >= 4 is 22.7 Å². The third-order valence-corrected chi connectivity index (χ3v) is 3.96. The average Bonchev–Trinajstić information content (AvgIpc) is 2.89. The molecule has 1 atom stereocenters. The summed E-state index contributed by atoms with van der Waals surface area (Å²) >= 11 is 0. The van der Waals surface area contributed by atoms with Gasteiger partial charge in [-0.1, -0.05) is 24.3 Å². The number of rotatable bonds is 4. The molecule has 0 unspecified atom stereocenters. The van der Waals surface area contributed by atoms with E-state index in [0.717, 1.165) is 23.7 Å². The molecule has 1 heterocycles. The number of esters is 1. The standard InChI is InChI=1S/C19H15F2NO3/c1-10-16(12-6-3-4-9-15(12)22-10)18(23)11(2)25-19(24)17-13(20)7-5-8-14(17)21/h3-9,11,22H,1-2H3/t11-/m1/s1. The van der Waals surface area contributed by atoms with Crippen LogP contribution < -0.4 is 0 Å². The predicted molar refractivity (Wildman–Crippen MR) is 88.6 cm³/mol. The van der Waals surface area contributed by atoms with Crippen molar-refractivity contribution in [2.75, 3.05) is 0 Å². The number of Topliss-reactive ketones (excluding diaryl/α,β-unsaturated/α-hetero) is 1. The number of carbonyl (C=O) groups excluding carboxylic acids is 2. The first-order valence-electron chi connectivity index (χ1n) is 7.66. The van der Waals surface area contributed by atoms with Crippen molar-refractivity contribution < 1.29 is 23.1 Å². The summed E-state index contributed by atoms with van der Waals surface area (Å²) in [5, 5.41) is 0.699. The molecule has 4 nitrogen and oxygen atoms in total. The molecule has 0 fully saturated rings. The molecule has 0 spiro atoms. The summed E-state index contributed by atoms with van der Waals surface area (Å²) in [6.45, 7) is 3.11. The van der Waals surface area contributed by atoms with Crippen LogP contribution in [0.2, 0.25) is 0 Å². The first-order chi connectivity index (χ1) is 11.9. The smallest absolute Gasteiger partial charge is 0.344 e. The Morgan fingerprint density at radius 1 is 1.00 bits per heavy atom. The summed E-state index contributed by atoms with van der Waals surface area (Å²) in [6, 6.07) is 10.3. The van der Waals surface area contributed by atoms with Crippen LogP contribution in [0.3, 0.4) is 0 Å². The Morgan fingerprint density at radius 2 is 1.64 bits per heavy atom. The molecule has 0 aliphatic heterocycles.